The molecule has 2 aliphatic heterocycles. The molecule has 0 bridgehead atoms. The molecule has 2 aromatic rings. The zero-order chi connectivity index (χ0) is 14.6. The standard InChI is InChI=1S/C14H13N5O2/c1-17-11-6-9(2-3-10(11)13(20)14(17)21)18-4-5-19-8-15-16-12(19)7-18/h2-3,6,8H,4-5,7H2,1H3. The summed E-state index contributed by atoms with van der Waals surface area (Å²) in [5.74, 6) is 0.0141. The lowest BCUT2D eigenvalue weighted by Crippen LogP contribution is -2.33. The van der Waals surface area contributed by atoms with E-state index in [4.69, 9.17) is 0 Å². The Morgan fingerprint density at radius 1 is 1.19 bits per heavy atom. The van der Waals surface area contributed by atoms with Gasteiger partial charge in [0.15, 0.2) is 5.82 Å². The molecule has 0 radical (unpaired) electrons. The molecule has 1 aromatic heterocycles. The molecule has 21 heavy (non-hydrogen) atoms. The number of carbonyl (C=O) groups is 2. The van der Waals surface area contributed by atoms with Crippen molar-refractivity contribution in [2.24, 2.45) is 0 Å². The lowest BCUT2D eigenvalue weighted by atomic mass is 10.1. The quantitative estimate of drug-likeness (QED) is 0.711. The van der Waals surface area contributed by atoms with Gasteiger partial charge in [-0.25, -0.2) is 0 Å². The van der Waals surface area contributed by atoms with Crippen LogP contribution in [0.25, 0.3) is 0 Å². The number of anilines is 2. The highest BCUT2D eigenvalue weighted by molar-refractivity contribution is 6.52. The second kappa shape index (κ2) is 4.15. The molecule has 1 amide bonds. The summed E-state index contributed by atoms with van der Waals surface area (Å²) in [5, 5.41) is 8.01. The number of benzene rings is 1. The van der Waals surface area contributed by atoms with Gasteiger partial charge in [-0.1, -0.05) is 0 Å². The third-order valence-electron chi connectivity index (χ3n) is 4.09. The molecule has 0 atom stereocenters. The monoisotopic (exact) mass is 283 g/mol. The summed E-state index contributed by atoms with van der Waals surface area (Å²) in [5.41, 5.74) is 2.14. The van der Waals surface area contributed by atoms with Crippen molar-refractivity contribution in [1.29, 1.82) is 0 Å². The summed E-state index contributed by atoms with van der Waals surface area (Å²) in [4.78, 5) is 27.1. The minimum absolute atomic E-state index is 0.433. The van der Waals surface area contributed by atoms with Gasteiger partial charge in [0.25, 0.3) is 11.7 Å². The fourth-order valence-corrected chi connectivity index (χ4v) is 2.85. The molecular weight excluding hydrogens is 270 g/mol. The van der Waals surface area contributed by atoms with Crippen molar-refractivity contribution in [3.05, 3.63) is 35.9 Å². The Morgan fingerprint density at radius 2 is 2.05 bits per heavy atom. The summed E-state index contributed by atoms with van der Waals surface area (Å²) in [7, 11) is 1.63. The molecule has 4 rings (SSSR count). The topological polar surface area (TPSA) is 71.3 Å². The number of likely N-dealkylation sites (N-methyl/N-ethyl adjacent to an activating group) is 1. The van der Waals surface area contributed by atoms with Crippen LogP contribution in [0.3, 0.4) is 0 Å². The number of nitrogens with zero attached hydrogens (tertiary/aromatic N) is 5. The number of Topliss-reactive ketones (excluding diaryl/α,β-unsaturated/α-hetero) is 1. The van der Waals surface area contributed by atoms with E-state index in [0.29, 0.717) is 17.8 Å². The second-order valence-corrected chi connectivity index (χ2v) is 5.26. The maximum absolute atomic E-state index is 11.8. The van der Waals surface area contributed by atoms with Crippen LogP contribution < -0.4 is 9.80 Å². The molecule has 0 fully saturated rings. The molecule has 1 aromatic carbocycles. The molecule has 3 heterocycles. The van der Waals surface area contributed by atoms with Crippen molar-refractivity contribution in [1.82, 2.24) is 14.8 Å². The van der Waals surface area contributed by atoms with Crippen LogP contribution >= 0.6 is 0 Å². The van der Waals surface area contributed by atoms with Crippen LogP contribution in [0.2, 0.25) is 0 Å². The van der Waals surface area contributed by atoms with Crippen LogP contribution in [0, 0.1) is 0 Å². The Bertz CT molecular complexity index is 766. The Kier molecular flexibility index (Phi) is 2.38. The zero-order valence-electron chi connectivity index (χ0n) is 11.5. The first-order valence-electron chi connectivity index (χ1n) is 6.73. The van der Waals surface area contributed by atoms with Crippen LogP contribution in [0.5, 0.6) is 0 Å². The lowest BCUT2D eigenvalue weighted by molar-refractivity contribution is -0.114. The first-order valence-corrected chi connectivity index (χ1v) is 6.73. The van der Waals surface area contributed by atoms with Gasteiger partial charge in [0, 0.05) is 25.8 Å². The normalized spacial score (nSPS) is 17.2. The summed E-state index contributed by atoms with van der Waals surface area (Å²) in [6, 6.07) is 5.51. The van der Waals surface area contributed by atoms with Crippen molar-refractivity contribution < 1.29 is 9.59 Å². The number of fused-ring (bicyclic) bond motifs is 2. The summed E-state index contributed by atoms with van der Waals surface area (Å²) < 4.78 is 2.03. The smallest absolute Gasteiger partial charge is 0.299 e. The van der Waals surface area contributed by atoms with Gasteiger partial charge < -0.3 is 14.4 Å². The SMILES string of the molecule is CN1C(=O)C(=O)c2ccc(N3CCn4cnnc4C3)cc21. The van der Waals surface area contributed by atoms with E-state index in [9.17, 15) is 9.59 Å². The number of hydrogen-bond acceptors (Lipinski definition) is 5. The van der Waals surface area contributed by atoms with Gasteiger partial charge in [0.05, 0.1) is 17.8 Å². The van der Waals surface area contributed by atoms with Gasteiger partial charge in [0.1, 0.15) is 6.33 Å². The number of hydrogen-bond donors (Lipinski definition) is 0. The van der Waals surface area contributed by atoms with Crippen LogP contribution in [0.15, 0.2) is 24.5 Å². The maximum Gasteiger partial charge on any atom is 0.299 e. The Hall–Kier alpha value is -2.70. The number of ketones is 1. The number of rotatable bonds is 1. The van der Waals surface area contributed by atoms with Gasteiger partial charge in [-0.3, -0.25) is 9.59 Å². The predicted molar refractivity (Wildman–Crippen MR) is 75.3 cm³/mol. The van der Waals surface area contributed by atoms with Gasteiger partial charge >= 0.3 is 0 Å². The molecular formula is C14H13N5O2. The van der Waals surface area contributed by atoms with Crippen LogP contribution in [-0.2, 0) is 17.9 Å². The van der Waals surface area contributed by atoms with Crippen LogP contribution in [0.4, 0.5) is 11.4 Å². The third-order valence-corrected chi connectivity index (χ3v) is 4.09. The van der Waals surface area contributed by atoms with E-state index in [0.717, 1.165) is 24.6 Å². The van der Waals surface area contributed by atoms with Crippen molar-refractivity contribution in [3.63, 3.8) is 0 Å². The molecule has 0 N–H and O–H groups in total. The Labute approximate surface area is 120 Å². The lowest BCUT2D eigenvalue weighted by Gasteiger charge is -2.29. The highest BCUT2D eigenvalue weighted by Crippen LogP contribution is 2.32. The first kappa shape index (κ1) is 12.1. The average Bonchev–Trinajstić information content (AvgIpc) is 3.06. The van der Waals surface area contributed by atoms with Gasteiger partial charge in [-0.15, -0.1) is 10.2 Å². The fourth-order valence-electron chi connectivity index (χ4n) is 2.85. The fraction of sp³-hybridized carbons (Fsp3) is 0.286. The minimum atomic E-state index is -0.472. The summed E-state index contributed by atoms with van der Waals surface area (Å²) >= 11 is 0. The molecule has 7 heteroatoms. The predicted octanol–water partition coefficient (Wildman–Crippen LogP) is 0.457. The zero-order valence-corrected chi connectivity index (χ0v) is 11.5. The van der Waals surface area contributed by atoms with Crippen molar-refractivity contribution in [2.45, 2.75) is 13.1 Å². The number of amides is 1. The van der Waals surface area contributed by atoms with Crippen LogP contribution in [-0.4, -0.2) is 40.0 Å². The largest absolute Gasteiger partial charge is 0.362 e. The van der Waals surface area contributed by atoms with Gasteiger partial charge in [-0.2, -0.15) is 0 Å². The maximum atomic E-state index is 11.8. The third kappa shape index (κ3) is 1.67. The molecule has 0 unspecified atom stereocenters. The summed E-state index contributed by atoms with van der Waals surface area (Å²) in [6.45, 7) is 2.34. The minimum Gasteiger partial charge on any atom is -0.362 e. The van der Waals surface area contributed by atoms with Crippen molar-refractivity contribution >= 4 is 23.1 Å². The van der Waals surface area contributed by atoms with E-state index in [2.05, 4.69) is 15.1 Å². The van der Waals surface area contributed by atoms with Crippen molar-refractivity contribution in [2.75, 3.05) is 23.4 Å². The Morgan fingerprint density at radius 3 is 2.90 bits per heavy atom. The van der Waals surface area contributed by atoms with E-state index < -0.39 is 11.7 Å². The first-order chi connectivity index (χ1) is 10.1. The average molecular weight is 283 g/mol. The number of aromatic nitrogens is 3. The molecule has 106 valence electrons. The van der Waals surface area contributed by atoms with Crippen molar-refractivity contribution in [3.8, 4) is 0 Å². The molecule has 7 nitrogen and oxygen atoms in total. The Balaban J connectivity index is 1.70. The van der Waals surface area contributed by atoms with Gasteiger partial charge in [0.2, 0.25) is 0 Å². The molecule has 0 spiro atoms. The van der Waals surface area contributed by atoms with Crippen LogP contribution in [0.1, 0.15) is 16.2 Å². The van der Waals surface area contributed by atoms with E-state index >= 15 is 0 Å². The van der Waals surface area contributed by atoms with Gasteiger partial charge in [-0.05, 0) is 18.2 Å². The molecule has 0 saturated carbocycles. The summed E-state index contributed by atoms with van der Waals surface area (Å²) in [6.07, 6.45) is 1.74. The second-order valence-electron chi connectivity index (χ2n) is 5.26. The highest BCUT2D eigenvalue weighted by atomic mass is 16.2. The van der Waals surface area contributed by atoms with E-state index in [-0.39, 0.29) is 0 Å². The van der Waals surface area contributed by atoms with E-state index in [1.807, 2.05) is 16.7 Å². The van der Waals surface area contributed by atoms with E-state index in [1.165, 1.54) is 4.90 Å². The molecule has 0 aliphatic carbocycles. The molecule has 0 saturated heterocycles. The number of carbonyl (C=O) groups excluding carboxylic acids is 2. The molecule has 2 aliphatic rings. The highest BCUT2D eigenvalue weighted by Gasteiger charge is 2.33. The van der Waals surface area contributed by atoms with E-state index in [1.54, 1.807) is 19.4 Å².